The summed E-state index contributed by atoms with van der Waals surface area (Å²) in [5.74, 6) is 0. The van der Waals surface area contributed by atoms with E-state index in [0.717, 1.165) is 5.70 Å². The second-order valence-electron chi connectivity index (χ2n) is 4.39. The van der Waals surface area contributed by atoms with Crippen molar-refractivity contribution in [2.45, 2.75) is 27.7 Å². The molecule has 1 aliphatic rings. The van der Waals surface area contributed by atoms with Crippen LogP contribution in [0.5, 0.6) is 0 Å². The molecule has 0 fully saturated rings. The molecule has 2 nitrogen and oxygen atoms in total. The third kappa shape index (κ3) is 1.45. The Bertz CT molecular complexity index is 486. The smallest absolute Gasteiger partial charge is 0.0680 e. The van der Waals surface area contributed by atoms with Crippen LogP contribution >= 0.6 is 0 Å². The Balaban J connectivity index is 2.66. The van der Waals surface area contributed by atoms with Gasteiger partial charge in [-0.05, 0) is 56.5 Å². The van der Waals surface area contributed by atoms with Gasteiger partial charge in [-0.2, -0.15) is 0 Å². The summed E-state index contributed by atoms with van der Waals surface area (Å²) < 4.78 is 2.26. The van der Waals surface area contributed by atoms with Crippen LogP contribution in [0, 0.1) is 20.8 Å². The zero-order valence-corrected chi connectivity index (χ0v) is 10.6. The van der Waals surface area contributed by atoms with Gasteiger partial charge >= 0.3 is 0 Å². The highest BCUT2D eigenvalue weighted by atomic mass is 15.0. The molecular weight excluding hydrogens is 196 g/mol. The highest BCUT2D eigenvalue weighted by Gasteiger charge is 2.15. The number of hydrogen-bond acceptors (Lipinski definition) is 1. The lowest BCUT2D eigenvalue weighted by atomic mass is 10.1. The predicted octanol–water partition coefficient (Wildman–Crippen LogP) is 3.32. The standard InChI is InChI=1S/C14H18N2/c1-9-10(2)14(16(5)12(9)4)11(3)13-7-6-8-15-13/h6-8H,1-5H3/b13-11-. The topological polar surface area (TPSA) is 17.3 Å². The Labute approximate surface area is 97.0 Å². The SMILES string of the molecule is C/C(=C1\C=CC=N1)c1c(C)c(C)c(C)n1C. The molecule has 0 spiro atoms. The van der Waals surface area contributed by atoms with Crippen molar-refractivity contribution in [1.82, 2.24) is 4.57 Å². The average Bonchev–Trinajstić information content (AvgIpc) is 2.84. The van der Waals surface area contributed by atoms with Gasteiger partial charge in [-0.3, -0.25) is 4.99 Å². The molecule has 0 atom stereocenters. The van der Waals surface area contributed by atoms with E-state index in [4.69, 9.17) is 0 Å². The third-order valence-electron chi connectivity index (χ3n) is 3.59. The van der Waals surface area contributed by atoms with Crippen LogP contribution < -0.4 is 0 Å². The van der Waals surface area contributed by atoms with Gasteiger partial charge in [-0.15, -0.1) is 0 Å². The zero-order valence-electron chi connectivity index (χ0n) is 10.6. The maximum absolute atomic E-state index is 4.36. The van der Waals surface area contributed by atoms with Crippen LogP contribution in [0.2, 0.25) is 0 Å². The minimum atomic E-state index is 1.07. The maximum atomic E-state index is 4.36. The summed E-state index contributed by atoms with van der Waals surface area (Å²) in [4.78, 5) is 4.36. The van der Waals surface area contributed by atoms with Crippen LogP contribution in [0.4, 0.5) is 0 Å². The van der Waals surface area contributed by atoms with Crippen molar-refractivity contribution in [2.75, 3.05) is 0 Å². The predicted molar refractivity (Wildman–Crippen MR) is 69.9 cm³/mol. The molecule has 0 aliphatic carbocycles. The van der Waals surface area contributed by atoms with Gasteiger partial charge < -0.3 is 4.57 Å². The first-order chi connectivity index (χ1) is 7.54. The van der Waals surface area contributed by atoms with Crippen molar-refractivity contribution < 1.29 is 0 Å². The molecule has 2 rings (SSSR count). The Hall–Kier alpha value is -1.57. The van der Waals surface area contributed by atoms with E-state index in [2.05, 4.69) is 50.4 Å². The molecule has 2 heteroatoms. The van der Waals surface area contributed by atoms with Gasteiger partial charge in [-0.1, -0.05) is 0 Å². The average molecular weight is 214 g/mol. The van der Waals surface area contributed by atoms with Crippen molar-refractivity contribution in [3.05, 3.63) is 40.4 Å². The quantitative estimate of drug-likeness (QED) is 0.682. The number of aliphatic imine (C=N–C) groups is 1. The summed E-state index contributed by atoms with van der Waals surface area (Å²) in [7, 11) is 2.12. The van der Waals surface area contributed by atoms with Crippen LogP contribution in [0.1, 0.15) is 29.4 Å². The molecule has 0 unspecified atom stereocenters. The molecule has 0 N–H and O–H groups in total. The molecule has 2 heterocycles. The Morgan fingerprint density at radius 1 is 1.19 bits per heavy atom. The summed E-state index contributed by atoms with van der Waals surface area (Å²) in [5.41, 5.74) is 7.70. The van der Waals surface area contributed by atoms with Crippen molar-refractivity contribution >= 4 is 11.8 Å². The molecule has 0 amide bonds. The van der Waals surface area contributed by atoms with E-state index < -0.39 is 0 Å². The minimum absolute atomic E-state index is 1.07. The fraction of sp³-hybridized carbons (Fsp3) is 0.357. The first kappa shape index (κ1) is 10.9. The normalized spacial score (nSPS) is 17.3. The lowest BCUT2D eigenvalue weighted by Gasteiger charge is -2.08. The summed E-state index contributed by atoms with van der Waals surface area (Å²) in [6.45, 7) is 8.67. The van der Waals surface area contributed by atoms with Crippen molar-refractivity contribution in [1.29, 1.82) is 0 Å². The number of allylic oxidation sites excluding steroid dienone is 3. The second-order valence-corrected chi connectivity index (χ2v) is 4.39. The lowest BCUT2D eigenvalue weighted by Crippen LogP contribution is -1.98. The summed E-state index contributed by atoms with van der Waals surface area (Å²) in [6, 6.07) is 0. The van der Waals surface area contributed by atoms with E-state index in [0.29, 0.717) is 0 Å². The van der Waals surface area contributed by atoms with Crippen LogP contribution in [0.25, 0.3) is 5.57 Å². The molecule has 0 saturated carbocycles. The van der Waals surface area contributed by atoms with Crippen LogP contribution in [-0.2, 0) is 7.05 Å². The van der Waals surface area contributed by atoms with Crippen molar-refractivity contribution in [3.8, 4) is 0 Å². The zero-order chi connectivity index (χ0) is 11.9. The number of aromatic nitrogens is 1. The fourth-order valence-electron chi connectivity index (χ4n) is 2.30. The van der Waals surface area contributed by atoms with Gasteiger partial charge in [-0.25, -0.2) is 0 Å². The van der Waals surface area contributed by atoms with Crippen LogP contribution in [-0.4, -0.2) is 10.8 Å². The van der Waals surface area contributed by atoms with Crippen LogP contribution in [0.3, 0.4) is 0 Å². The fourth-order valence-corrected chi connectivity index (χ4v) is 2.30. The van der Waals surface area contributed by atoms with Gasteiger partial charge in [0.05, 0.1) is 5.70 Å². The van der Waals surface area contributed by atoms with Crippen molar-refractivity contribution in [2.24, 2.45) is 12.0 Å². The van der Waals surface area contributed by atoms with Gasteiger partial charge in [0.1, 0.15) is 0 Å². The van der Waals surface area contributed by atoms with Gasteiger partial charge in [0, 0.05) is 24.7 Å². The summed E-state index contributed by atoms with van der Waals surface area (Å²) >= 11 is 0. The molecule has 1 aromatic rings. The highest BCUT2D eigenvalue weighted by molar-refractivity contribution is 5.82. The van der Waals surface area contributed by atoms with Crippen molar-refractivity contribution in [3.63, 3.8) is 0 Å². The minimum Gasteiger partial charge on any atom is -0.348 e. The highest BCUT2D eigenvalue weighted by Crippen LogP contribution is 2.29. The van der Waals surface area contributed by atoms with E-state index in [1.54, 1.807) is 0 Å². The largest absolute Gasteiger partial charge is 0.348 e. The van der Waals surface area contributed by atoms with E-state index in [1.807, 2.05) is 12.3 Å². The summed E-state index contributed by atoms with van der Waals surface area (Å²) in [5, 5.41) is 0. The molecule has 0 bridgehead atoms. The molecule has 1 aliphatic heterocycles. The molecule has 84 valence electrons. The molecule has 16 heavy (non-hydrogen) atoms. The lowest BCUT2D eigenvalue weighted by molar-refractivity contribution is 0.858. The molecular formula is C14H18N2. The monoisotopic (exact) mass is 214 g/mol. The van der Waals surface area contributed by atoms with E-state index in [9.17, 15) is 0 Å². The third-order valence-corrected chi connectivity index (χ3v) is 3.59. The van der Waals surface area contributed by atoms with Gasteiger partial charge in [0.2, 0.25) is 0 Å². The van der Waals surface area contributed by atoms with E-state index >= 15 is 0 Å². The maximum Gasteiger partial charge on any atom is 0.0680 e. The van der Waals surface area contributed by atoms with Gasteiger partial charge in [0.15, 0.2) is 0 Å². The second kappa shape index (κ2) is 3.78. The molecule has 0 radical (unpaired) electrons. The molecule has 0 saturated heterocycles. The Morgan fingerprint density at radius 3 is 2.31 bits per heavy atom. The Morgan fingerprint density at radius 2 is 1.88 bits per heavy atom. The summed E-state index contributed by atoms with van der Waals surface area (Å²) in [6.07, 6.45) is 5.89. The number of hydrogen-bond donors (Lipinski definition) is 0. The van der Waals surface area contributed by atoms with Crippen LogP contribution in [0.15, 0.2) is 22.8 Å². The first-order valence-corrected chi connectivity index (χ1v) is 5.58. The first-order valence-electron chi connectivity index (χ1n) is 5.58. The van der Waals surface area contributed by atoms with E-state index in [1.165, 1.54) is 28.1 Å². The molecule has 1 aromatic heterocycles. The van der Waals surface area contributed by atoms with E-state index in [-0.39, 0.29) is 0 Å². The Kier molecular flexibility index (Phi) is 2.58. The number of rotatable bonds is 1. The molecule has 0 aromatic carbocycles. The number of nitrogens with zero attached hydrogens (tertiary/aromatic N) is 2. The van der Waals surface area contributed by atoms with Gasteiger partial charge in [0.25, 0.3) is 0 Å².